The molecule has 4 rings (SSSR count). The Labute approximate surface area is 184 Å². The van der Waals surface area contributed by atoms with E-state index in [0.717, 1.165) is 36.9 Å². The Morgan fingerprint density at radius 1 is 1.06 bits per heavy atom. The highest BCUT2D eigenvalue weighted by atomic mass is 16.5. The van der Waals surface area contributed by atoms with E-state index < -0.39 is 0 Å². The minimum absolute atomic E-state index is 0.383. The van der Waals surface area contributed by atoms with Gasteiger partial charge in [-0.3, -0.25) is 9.98 Å². The third-order valence-electron chi connectivity index (χ3n) is 5.37. The van der Waals surface area contributed by atoms with Gasteiger partial charge in [0, 0.05) is 44.6 Å². The molecule has 31 heavy (non-hydrogen) atoms. The van der Waals surface area contributed by atoms with Gasteiger partial charge in [-0.15, -0.1) is 0 Å². The first-order valence-corrected chi connectivity index (χ1v) is 10.7. The number of ether oxygens (including phenoxy) is 1. The molecular formula is C25H29N5O. The number of nitrogens with one attached hydrogen (secondary N) is 2. The summed E-state index contributed by atoms with van der Waals surface area (Å²) in [6.45, 7) is 3.21. The van der Waals surface area contributed by atoms with E-state index >= 15 is 0 Å². The van der Waals surface area contributed by atoms with E-state index in [9.17, 15) is 0 Å². The zero-order chi connectivity index (χ0) is 21.3. The largest absolute Gasteiger partial charge is 0.487 e. The molecule has 1 atom stereocenters. The van der Waals surface area contributed by atoms with Crippen molar-refractivity contribution in [2.24, 2.45) is 4.99 Å². The number of aromatic nitrogens is 1. The molecule has 6 nitrogen and oxygen atoms in total. The molecule has 6 heteroatoms. The summed E-state index contributed by atoms with van der Waals surface area (Å²) in [5.74, 6) is 1.67. The molecule has 2 aromatic carbocycles. The van der Waals surface area contributed by atoms with E-state index in [1.165, 1.54) is 11.3 Å². The van der Waals surface area contributed by atoms with Gasteiger partial charge in [0.05, 0.1) is 5.69 Å². The molecule has 1 aliphatic heterocycles. The molecule has 2 N–H and O–H groups in total. The number of aliphatic imine (C=N–C) groups is 1. The van der Waals surface area contributed by atoms with Crippen LogP contribution in [-0.4, -0.2) is 37.1 Å². The number of anilines is 1. The lowest BCUT2D eigenvalue weighted by molar-refractivity contribution is 0.301. The molecule has 0 spiro atoms. The molecule has 0 aliphatic carbocycles. The number of rotatable bonds is 7. The fourth-order valence-electron chi connectivity index (χ4n) is 3.67. The maximum absolute atomic E-state index is 5.81. The van der Waals surface area contributed by atoms with E-state index in [-0.39, 0.29) is 0 Å². The highest BCUT2D eigenvalue weighted by Crippen LogP contribution is 2.19. The molecule has 1 aliphatic rings. The van der Waals surface area contributed by atoms with Crippen LogP contribution in [0.15, 0.2) is 84.0 Å². The molecule has 1 unspecified atom stereocenters. The van der Waals surface area contributed by atoms with Crippen LogP contribution in [0.4, 0.5) is 5.69 Å². The zero-order valence-corrected chi connectivity index (χ0v) is 17.9. The Morgan fingerprint density at radius 3 is 2.61 bits per heavy atom. The summed E-state index contributed by atoms with van der Waals surface area (Å²) in [6.07, 6.45) is 2.87. The lowest BCUT2D eigenvalue weighted by Crippen LogP contribution is -2.44. The predicted octanol–water partition coefficient (Wildman–Crippen LogP) is 3.60. The van der Waals surface area contributed by atoms with Crippen molar-refractivity contribution in [1.82, 2.24) is 15.6 Å². The van der Waals surface area contributed by atoms with Gasteiger partial charge < -0.3 is 20.3 Å². The summed E-state index contributed by atoms with van der Waals surface area (Å²) in [4.78, 5) is 11.1. The molecule has 1 fully saturated rings. The number of benzene rings is 2. The van der Waals surface area contributed by atoms with Crippen molar-refractivity contribution < 1.29 is 4.74 Å². The van der Waals surface area contributed by atoms with Gasteiger partial charge in [0.15, 0.2) is 5.96 Å². The van der Waals surface area contributed by atoms with Crippen LogP contribution in [0.1, 0.15) is 17.7 Å². The third-order valence-corrected chi connectivity index (χ3v) is 5.37. The highest BCUT2D eigenvalue weighted by Gasteiger charge is 2.23. The van der Waals surface area contributed by atoms with Crippen molar-refractivity contribution >= 4 is 11.6 Å². The monoisotopic (exact) mass is 415 g/mol. The molecule has 0 radical (unpaired) electrons. The van der Waals surface area contributed by atoms with Crippen molar-refractivity contribution in [2.75, 3.05) is 25.0 Å². The summed E-state index contributed by atoms with van der Waals surface area (Å²) in [5.41, 5.74) is 3.37. The lowest BCUT2D eigenvalue weighted by Gasteiger charge is -2.20. The second-order valence-electron chi connectivity index (χ2n) is 7.59. The summed E-state index contributed by atoms with van der Waals surface area (Å²) < 4.78 is 5.81. The Balaban J connectivity index is 1.22. The van der Waals surface area contributed by atoms with Crippen LogP contribution in [0.5, 0.6) is 5.75 Å². The normalized spacial score (nSPS) is 16.2. The second-order valence-corrected chi connectivity index (χ2v) is 7.59. The van der Waals surface area contributed by atoms with E-state index in [4.69, 9.17) is 4.74 Å². The van der Waals surface area contributed by atoms with Crippen LogP contribution in [0.3, 0.4) is 0 Å². The highest BCUT2D eigenvalue weighted by molar-refractivity contribution is 5.80. The van der Waals surface area contributed by atoms with Gasteiger partial charge in [0.1, 0.15) is 12.4 Å². The molecular weight excluding hydrogens is 386 g/mol. The number of para-hydroxylation sites is 1. The first-order chi connectivity index (χ1) is 15.3. The van der Waals surface area contributed by atoms with Crippen LogP contribution in [0.2, 0.25) is 0 Å². The van der Waals surface area contributed by atoms with E-state index in [2.05, 4.69) is 68.0 Å². The molecule has 3 aromatic rings. The SMILES string of the molecule is CN=C(NCc1ccc(OCc2ccccn2)cc1)NC1CCN(c2ccccc2)C1. The van der Waals surface area contributed by atoms with Gasteiger partial charge >= 0.3 is 0 Å². The number of guanidine groups is 1. The number of hydrogen-bond acceptors (Lipinski definition) is 4. The molecule has 0 bridgehead atoms. The Morgan fingerprint density at radius 2 is 1.87 bits per heavy atom. The summed E-state index contributed by atoms with van der Waals surface area (Å²) in [7, 11) is 1.81. The second kappa shape index (κ2) is 10.5. The van der Waals surface area contributed by atoms with Gasteiger partial charge in [-0.05, 0) is 48.4 Å². The predicted molar refractivity (Wildman–Crippen MR) is 125 cm³/mol. The van der Waals surface area contributed by atoms with Gasteiger partial charge in [0.25, 0.3) is 0 Å². The van der Waals surface area contributed by atoms with Crippen LogP contribution < -0.4 is 20.3 Å². The van der Waals surface area contributed by atoms with Gasteiger partial charge in [-0.25, -0.2) is 0 Å². The molecule has 0 amide bonds. The number of nitrogens with zero attached hydrogens (tertiary/aromatic N) is 3. The van der Waals surface area contributed by atoms with Crippen LogP contribution in [0.25, 0.3) is 0 Å². The average Bonchev–Trinajstić information content (AvgIpc) is 3.31. The smallest absolute Gasteiger partial charge is 0.191 e. The topological polar surface area (TPSA) is 61.8 Å². The van der Waals surface area contributed by atoms with Crippen LogP contribution in [-0.2, 0) is 13.2 Å². The van der Waals surface area contributed by atoms with E-state index in [1.54, 1.807) is 6.20 Å². The van der Waals surface area contributed by atoms with Crippen molar-refractivity contribution in [2.45, 2.75) is 25.6 Å². The molecule has 1 saturated heterocycles. The molecule has 0 saturated carbocycles. The Hall–Kier alpha value is -3.54. The van der Waals surface area contributed by atoms with Crippen LogP contribution >= 0.6 is 0 Å². The average molecular weight is 416 g/mol. The zero-order valence-electron chi connectivity index (χ0n) is 17.9. The maximum Gasteiger partial charge on any atom is 0.191 e. The fraction of sp³-hybridized carbons (Fsp3) is 0.280. The standard InChI is InChI=1S/C25H29N5O/c1-26-25(29-21-14-16-30(18-21)23-8-3-2-4-9-23)28-17-20-10-12-24(13-11-20)31-19-22-7-5-6-15-27-22/h2-13,15,21H,14,16-19H2,1H3,(H2,26,28,29). The van der Waals surface area contributed by atoms with Crippen LogP contribution in [0, 0.1) is 0 Å². The molecule has 1 aromatic heterocycles. The van der Waals surface area contributed by atoms with E-state index in [0.29, 0.717) is 19.2 Å². The summed E-state index contributed by atoms with van der Waals surface area (Å²) in [5, 5.41) is 6.97. The quantitative estimate of drug-likeness (QED) is 0.456. The maximum atomic E-state index is 5.81. The van der Waals surface area contributed by atoms with Gasteiger partial charge in [0.2, 0.25) is 0 Å². The molecule has 160 valence electrons. The lowest BCUT2D eigenvalue weighted by atomic mass is 10.2. The minimum atomic E-state index is 0.383. The van der Waals surface area contributed by atoms with Gasteiger partial charge in [-0.1, -0.05) is 36.4 Å². The molecule has 2 heterocycles. The fourth-order valence-corrected chi connectivity index (χ4v) is 3.67. The van der Waals surface area contributed by atoms with Crippen molar-refractivity contribution in [3.63, 3.8) is 0 Å². The summed E-state index contributed by atoms with van der Waals surface area (Å²) >= 11 is 0. The van der Waals surface area contributed by atoms with Crippen molar-refractivity contribution in [3.8, 4) is 5.75 Å². The number of pyridine rings is 1. The van der Waals surface area contributed by atoms with Gasteiger partial charge in [-0.2, -0.15) is 0 Å². The first kappa shape index (κ1) is 20.7. The summed E-state index contributed by atoms with van der Waals surface area (Å²) in [6, 6.07) is 24.9. The minimum Gasteiger partial charge on any atom is -0.487 e. The third kappa shape index (κ3) is 5.98. The number of hydrogen-bond donors (Lipinski definition) is 2. The Bertz CT molecular complexity index is 960. The van der Waals surface area contributed by atoms with Crippen molar-refractivity contribution in [1.29, 1.82) is 0 Å². The Kier molecular flexibility index (Phi) is 7.00. The van der Waals surface area contributed by atoms with E-state index in [1.807, 2.05) is 37.4 Å². The first-order valence-electron chi connectivity index (χ1n) is 10.7. The van der Waals surface area contributed by atoms with Crippen molar-refractivity contribution in [3.05, 3.63) is 90.3 Å².